The molecule has 0 bridgehead atoms. The zero-order chi connectivity index (χ0) is 10.7. The zero-order valence-electron chi connectivity index (χ0n) is 8.27. The molecule has 1 heterocycles. The van der Waals surface area contributed by atoms with Gasteiger partial charge in [0.25, 0.3) is 5.95 Å². The Labute approximate surface area is 87.3 Å². The first-order valence-electron chi connectivity index (χ1n) is 4.58. The number of hydrogen-bond donors (Lipinski definition) is 0. The first kappa shape index (κ1) is 9.52. The highest BCUT2D eigenvalue weighted by Gasteiger charge is 2.11. The Morgan fingerprint density at radius 1 is 1.20 bits per heavy atom. The summed E-state index contributed by atoms with van der Waals surface area (Å²) in [4.78, 5) is 11.7. The van der Waals surface area contributed by atoms with Crippen molar-refractivity contribution >= 4 is 5.97 Å². The first-order valence-corrected chi connectivity index (χ1v) is 4.58. The Hall–Kier alpha value is -2.03. The molecule has 2 rings (SSSR count). The molecule has 0 aliphatic heterocycles. The number of hydrogen-bond acceptors (Lipinski definition) is 3. The van der Waals surface area contributed by atoms with E-state index in [-0.39, 0.29) is 5.95 Å². The van der Waals surface area contributed by atoms with E-state index in [2.05, 4.69) is 0 Å². The molecule has 1 aromatic heterocycles. The van der Waals surface area contributed by atoms with Crippen molar-refractivity contribution in [2.75, 3.05) is 0 Å². The van der Waals surface area contributed by atoms with Gasteiger partial charge in [0.2, 0.25) is 0 Å². The first-order chi connectivity index (χ1) is 7.27. The number of rotatable bonds is 2. The number of aryl methyl sites for hydroxylation is 1. The Morgan fingerprint density at radius 2 is 2.00 bits per heavy atom. The average Bonchev–Trinajstić information content (AvgIpc) is 2.71. The SMILES string of the molecule is Cc1ccccc1C(=O)Oc1ccco1. The van der Waals surface area contributed by atoms with Gasteiger partial charge in [0.1, 0.15) is 0 Å². The topological polar surface area (TPSA) is 39.4 Å². The van der Waals surface area contributed by atoms with Crippen molar-refractivity contribution in [1.29, 1.82) is 0 Å². The van der Waals surface area contributed by atoms with Gasteiger partial charge in [0.15, 0.2) is 0 Å². The Balaban J connectivity index is 2.19. The van der Waals surface area contributed by atoms with Gasteiger partial charge in [-0.15, -0.1) is 0 Å². The lowest BCUT2D eigenvalue weighted by molar-refractivity contribution is 0.0693. The monoisotopic (exact) mass is 202 g/mol. The molecule has 0 atom stereocenters. The Morgan fingerprint density at radius 3 is 2.67 bits per heavy atom. The molecule has 0 spiro atoms. The van der Waals surface area contributed by atoms with Crippen molar-refractivity contribution < 1.29 is 13.9 Å². The molecule has 0 aliphatic carbocycles. The zero-order valence-corrected chi connectivity index (χ0v) is 8.27. The molecule has 0 N–H and O–H groups in total. The second-order valence-electron chi connectivity index (χ2n) is 3.14. The van der Waals surface area contributed by atoms with Crippen LogP contribution in [0.2, 0.25) is 0 Å². The molecule has 3 nitrogen and oxygen atoms in total. The van der Waals surface area contributed by atoms with Crippen LogP contribution >= 0.6 is 0 Å². The molecular formula is C12H10O3. The lowest BCUT2D eigenvalue weighted by atomic mass is 10.1. The normalized spacial score (nSPS) is 9.93. The van der Waals surface area contributed by atoms with Gasteiger partial charge >= 0.3 is 5.97 Å². The number of furan rings is 1. The van der Waals surface area contributed by atoms with Gasteiger partial charge in [0, 0.05) is 6.07 Å². The van der Waals surface area contributed by atoms with Crippen LogP contribution in [0.5, 0.6) is 5.95 Å². The van der Waals surface area contributed by atoms with Crippen molar-refractivity contribution in [2.45, 2.75) is 6.92 Å². The maximum atomic E-state index is 11.7. The van der Waals surface area contributed by atoms with Crippen LogP contribution in [0.25, 0.3) is 0 Å². The quantitative estimate of drug-likeness (QED) is 0.703. The molecule has 0 unspecified atom stereocenters. The summed E-state index contributed by atoms with van der Waals surface area (Å²) in [5.41, 5.74) is 1.43. The molecular weight excluding hydrogens is 192 g/mol. The summed E-state index contributed by atoms with van der Waals surface area (Å²) in [5, 5.41) is 0. The Kier molecular flexibility index (Phi) is 2.54. The highest BCUT2D eigenvalue weighted by molar-refractivity contribution is 5.92. The van der Waals surface area contributed by atoms with E-state index in [1.807, 2.05) is 19.1 Å². The second-order valence-corrected chi connectivity index (χ2v) is 3.14. The third-order valence-electron chi connectivity index (χ3n) is 2.05. The fourth-order valence-electron chi connectivity index (χ4n) is 1.27. The molecule has 2 aromatic rings. The minimum Gasteiger partial charge on any atom is -0.434 e. The van der Waals surface area contributed by atoms with Crippen LogP contribution in [0.1, 0.15) is 15.9 Å². The van der Waals surface area contributed by atoms with E-state index >= 15 is 0 Å². The summed E-state index contributed by atoms with van der Waals surface area (Å²) in [6.07, 6.45) is 1.46. The standard InChI is InChI=1S/C12H10O3/c1-9-5-2-3-6-10(9)12(13)15-11-7-4-8-14-11/h2-8H,1H3. The molecule has 15 heavy (non-hydrogen) atoms. The van der Waals surface area contributed by atoms with Crippen molar-refractivity contribution in [2.24, 2.45) is 0 Å². The molecule has 0 aliphatic rings. The van der Waals surface area contributed by atoms with Gasteiger partial charge < -0.3 is 9.15 Å². The number of carbonyl (C=O) groups excluding carboxylic acids is 1. The maximum absolute atomic E-state index is 11.7. The van der Waals surface area contributed by atoms with E-state index in [4.69, 9.17) is 9.15 Å². The third-order valence-corrected chi connectivity index (χ3v) is 2.05. The molecule has 0 fully saturated rings. The van der Waals surface area contributed by atoms with Crippen molar-refractivity contribution in [3.63, 3.8) is 0 Å². The summed E-state index contributed by atoms with van der Waals surface area (Å²) in [5.74, 6) is -0.189. The Bertz CT molecular complexity index is 457. The highest BCUT2D eigenvalue weighted by atomic mass is 16.6. The summed E-state index contributed by atoms with van der Waals surface area (Å²) in [6, 6.07) is 10.5. The van der Waals surface area contributed by atoms with E-state index in [9.17, 15) is 4.79 Å². The number of carbonyl (C=O) groups is 1. The highest BCUT2D eigenvalue weighted by Crippen LogP contribution is 2.14. The summed E-state index contributed by atoms with van der Waals surface area (Å²) >= 11 is 0. The minimum atomic E-state index is -0.400. The van der Waals surface area contributed by atoms with Crippen LogP contribution in [-0.4, -0.2) is 5.97 Å². The van der Waals surface area contributed by atoms with Gasteiger partial charge in [-0.2, -0.15) is 0 Å². The molecule has 0 saturated heterocycles. The summed E-state index contributed by atoms with van der Waals surface area (Å²) in [6.45, 7) is 1.86. The van der Waals surface area contributed by atoms with E-state index in [1.54, 1.807) is 24.3 Å². The predicted molar refractivity (Wildman–Crippen MR) is 54.8 cm³/mol. The minimum absolute atomic E-state index is 0.211. The largest absolute Gasteiger partial charge is 0.434 e. The van der Waals surface area contributed by atoms with Gasteiger partial charge in [-0.25, -0.2) is 4.79 Å². The summed E-state index contributed by atoms with van der Waals surface area (Å²) in [7, 11) is 0. The molecule has 0 amide bonds. The summed E-state index contributed by atoms with van der Waals surface area (Å²) < 4.78 is 9.94. The molecule has 1 aromatic carbocycles. The lowest BCUT2D eigenvalue weighted by Crippen LogP contribution is -2.09. The van der Waals surface area contributed by atoms with Crippen LogP contribution in [0.4, 0.5) is 0 Å². The fraction of sp³-hybridized carbons (Fsp3) is 0.0833. The maximum Gasteiger partial charge on any atom is 0.346 e. The molecule has 76 valence electrons. The predicted octanol–water partition coefficient (Wildman–Crippen LogP) is 2.81. The van der Waals surface area contributed by atoms with Crippen molar-refractivity contribution in [3.8, 4) is 5.95 Å². The van der Waals surface area contributed by atoms with Crippen molar-refractivity contribution in [3.05, 3.63) is 53.8 Å². The van der Waals surface area contributed by atoms with Gasteiger partial charge in [0.05, 0.1) is 11.8 Å². The lowest BCUT2D eigenvalue weighted by Gasteiger charge is -2.03. The molecule has 0 radical (unpaired) electrons. The van der Waals surface area contributed by atoms with Gasteiger partial charge in [-0.3, -0.25) is 0 Å². The smallest absolute Gasteiger partial charge is 0.346 e. The van der Waals surface area contributed by atoms with Crippen LogP contribution in [0, 0.1) is 6.92 Å². The third kappa shape index (κ3) is 2.07. The van der Waals surface area contributed by atoms with E-state index in [1.165, 1.54) is 6.26 Å². The fourth-order valence-corrected chi connectivity index (χ4v) is 1.27. The van der Waals surface area contributed by atoms with Crippen LogP contribution in [-0.2, 0) is 0 Å². The van der Waals surface area contributed by atoms with Crippen LogP contribution < -0.4 is 4.74 Å². The number of benzene rings is 1. The van der Waals surface area contributed by atoms with Crippen LogP contribution in [0.3, 0.4) is 0 Å². The van der Waals surface area contributed by atoms with Gasteiger partial charge in [-0.05, 0) is 24.6 Å². The van der Waals surface area contributed by atoms with Crippen molar-refractivity contribution in [1.82, 2.24) is 0 Å². The van der Waals surface area contributed by atoms with Gasteiger partial charge in [-0.1, -0.05) is 18.2 Å². The van der Waals surface area contributed by atoms with Crippen LogP contribution in [0.15, 0.2) is 47.1 Å². The number of ether oxygens (including phenoxy) is 1. The van der Waals surface area contributed by atoms with E-state index in [0.717, 1.165) is 5.56 Å². The average molecular weight is 202 g/mol. The van der Waals surface area contributed by atoms with E-state index < -0.39 is 5.97 Å². The van der Waals surface area contributed by atoms with E-state index in [0.29, 0.717) is 5.56 Å². The molecule has 0 saturated carbocycles. The second kappa shape index (κ2) is 4.00. The molecule has 3 heteroatoms. The number of esters is 1.